The fourth-order valence-electron chi connectivity index (χ4n) is 5.63. The molecule has 10 nitrogen and oxygen atoms in total. The lowest BCUT2D eigenvalue weighted by atomic mass is 9.99. The topological polar surface area (TPSA) is 149 Å². The summed E-state index contributed by atoms with van der Waals surface area (Å²) in [6.07, 6.45) is 12.3. The van der Waals surface area contributed by atoms with Crippen molar-refractivity contribution in [1.82, 2.24) is 0 Å². The molecule has 0 aliphatic carbocycles. The average Bonchev–Trinajstić information content (AvgIpc) is 3.00. The third kappa shape index (κ3) is 19.0. The van der Waals surface area contributed by atoms with Gasteiger partial charge in [-0.2, -0.15) is 0 Å². The summed E-state index contributed by atoms with van der Waals surface area (Å²) < 4.78 is 23.3. The minimum atomic E-state index is -1.45. The number of aliphatic carboxylic acids is 1. The van der Waals surface area contributed by atoms with E-state index in [1.165, 1.54) is 12.5 Å². The fraction of sp³-hybridized carbons (Fsp3) is 0.861. The number of aliphatic hydroxyl groups is 2. The van der Waals surface area contributed by atoms with Crippen LogP contribution in [0.25, 0.3) is 0 Å². The number of carbonyl (C=O) groups is 3. The van der Waals surface area contributed by atoms with E-state index in [0.29, 0.717) is 12.8 Å². The number of unbranched alkanes of at least 4 members (excludes halogenated alkanes) is 13. The van der Waals surface area contributed by atoms with Crippen molar-refractivity contribution in [2.45, 2.75) is 199 Å². The summed E-state index contributed by atoms with van der Waals surface area (Å²) in [7, 11) is 0. The van der Waals surface area contributed by atoms with E-state index in [1.807, 2.05) is 0 Å². The van der Waals surface area contributed by atoms with E-state index in [4.69, 9.17) is 18.9 Å². The van der Waals surface area contributed by atoms with Gasteiger partial charge in [0.05, 0.1) is 25.0 Å². The van der Waals surface area contributed by atoms with Crippen LogP contribution in [0.1, 0.15) is 156 Å². The maximum absolute atomic E-state index is 13.1. The van der Waals surface area contributed by atoms with Crippen LogP contribution in [0.5, 0.6) is 0 Å². The molecule has 5 unspecified atom stereocenters. The smallest absolute Gasteiger partial charge is 0.330 e. The van der Waals surface area contributed by atoms with E-state index in [1.54, 1.807) is 13.0 Å². The number of hydrogen-bond acceptors (Lipinski definition) is 9. The molecule has 0 bridgehead atoms. The molecule has 0 saturated carbocycles. The Balaban J connectivity index is 2.94. The lowest BCUT2D eigenvalue weighted by Crippen LogP contribution is -2.59. The van der Waals surface area contributed by atoms with E-state index in [-0.39, 0.29) is 12.8 Å². The van der Waals surface area contributed by atoms with Crippen LogP contribution in [0.4, 0.5) is 0 Å². The molecule has 0 spiro atoms. The first-order valence-electron chi connectivity index (χ1n) is 18.1. The van der Waals surface area contributed by atoms with Crippen LogP contribution in [0.15, 0.2) is 12.2 Å². The van der Waals surface area contributed by atoms with E-state index < -0.39 is 60.8 Å². The lowest BCUT2D eigenvalue weighted by molar-refractivity contribution is -0.307. The van der Waals surface area contributed by atoms with Gasteiger partial charge in [0.15, 0.2) is 12.4 Å². The van der Waals surface area contributed by atoms with Crippen LogP contribution in [-0.2, 0) is 33.3 Å². The highest BCUT2D eigenvalue weighted by atomic mass is 16.7. The minimum absolute atomic E-state index is 0.148. The van der Waals surface area contributed by atoms with Crippen molar-refractivity contribution >= 4 is 17.9 Å². The molecule has 1 aliphatic rings. The van der Waals surface area contributed by atoms with Crippen LogP contribution in [0, 0.1) is 0 Å². The predicted molar refractivity (Wildman–Crippen MR) is 177 cm³/mol. The van der Waals surface area contributed by atoms with Crippen molar-refractivity contribution in [2.24, 2.45) is 0 Å². The Morgan fingerprint density at radius 1 is 0.739 bits per heavy atom. The molecule has 1 saturated heterocycles. The Morgan fingerprint density at radius 3 is 1.85 bits per heavy atom. The van der Waals surface area contributed by atoms with Gasteiger partial charge in [-0.15, -0.1) is 0 Å². The molecule has 0 aromatic carbocycles. The first-order valence-corrected chi connectivity index (χ1v) is 18.1. The second-order valence-corrected chi connectivity index (χ2v) is 12.8. The normalized spacial score (nSPS) is 22.9. The highest BCUT2D eigenvalue weighted by molar-refractivity contribution is 5.82. The molecule has 1 heterocycles. The molecule has 10 heteroatoms. The second kappa shape index (κ2) is 26.0. The van der Waals surface area contributed by atoms with Crippen molar-refractivity contribution in [3.8, 4) is 0 Å². The Labute approximate surface area is 277 Å². The van der Waals surface area contributed by atoms with Crippen molar-refractivity contribution < 1.29 is 48.7 Å². The van der Waals surface area contributed by atoms with Crippen LogP contribution in [0.2, 0.25) is 0 Å². The summed E-state index contributed by atoms with van der Waals surface area (Å²) in [6, 6.07) is 0. The molecule has 1 fully saturated rings. The molecule has 3 N–H and O–H groups in total. The Morgan fingerprint density at radius 2 is 1.28 bits per heavy atom. The van der Waals surface area contributed by atoms with Crippen LogP contribution in [0.3, 0.4) is 0 Å². The molecule has 46 heavy (non-hydrogen) atoms. The fourth-order valence-corrected chi connectivity index (χ4v) is 5.63. The summed E-state index contributed by atoms with van der Waals surface area (Å²) in [5, 5.41) is 30.7. The zero-order valence-electron chi connectivity index (χ0n) is 29.0. The van der Waals surface area contributed by atoms with Gasteiger partial charge in [0.2, 0.25) is 0 Å². The number of rotatable bonds is 27. The molecule has 0 amide bonds. The Hall–Kier alpha value is -2.01. The maximum Gasteiger partial charge on any atom is 0.330 e. The molecule has 268 valence electrons. The van der Waals surface area contributed by atoms with Crippen LogP contribution < -0.4 is 0 Å². The van der Waals surface area contributed by atoms with Gasteiger partial charge in [-0.3, -0.25) is 9.59 Å². The molecule has 0 aromatic heterocycles. The third-order valence-electron chi connectivity index (χ3n) is 8.45. The molecular formula is C36H64O10. The van der Waals surface area contributed by atoms with Gasteiger partial charge < -0.3 is 34.3 Å². The summed E-state index contributed by atoms with van der Waals surface area (Å²) in [5.41, 5.74) is 0. The van der Waals surface area contributed by atoms with Gasteiger partial charge in [0.1, 0.15) is 18.3 Å². The first-order chi connectivity index (χ1) is 22.1. The van der Waals surface area contributed by atoms with Crippen LogP contribution in [-0.4, -0.2) is 76.1 Å². The van der Waals surface area contributed by atoms with Gasteiger partial charge in [-0.1, -0.05) is 110 Å². The molecule has 1 rings (SSSR count). The number of hydrogen-bond donors (Lipinski definition) is 3. The highest BCUT2D eigenvalue weighted by Crippen LogP contribution is 2.28. The first kappa shape index (κ1) is 42.0. The highest BCUT2D eigenvalue weighted by Gasteiger charge is 2.46. The Bertz CT molecular complexity index is 847. The van der Waals surface area contributed by atoms with E-state index >= 15 is 0 Å². The minimum Gasteiger partial charge on any atom is -0.481 e. The standard InChI is InChI=1S/C36H64O10/c1-5-8-11-14-15-18-21-24-31(39)46-35-34(42)33(41)27(4)43-36(35)45-29(23-20-17-13-10-7-3)26-32(40)44-28(25-30(37)38)22-19-16-12-9-6-2/h21,24,27-29,33-36,41-42H,5-20,22-23,25-26H2,1-4H3,(H,37,38)/b24-21+/t27?,28?,29?,33-,34?,35-,36?/m0/s1. The van der Waals surface area contributed by atoms with E-state index in [2.05, 4.69) is 20.8 Å². The maximum atomic E-state index is 13.1. The van der Waals surface area contributed by atoms with Crippen molar-refractivity contribution in [3.05, 3.63) is 12.2 Å². The summed E-state index contributed by atoms with van der Waals surface area (Å²) in [6.45, 7) is 8.00. The van der Waals surface area contributed by atoms with Crippen molar-refractivity contribution in [3.63, 3.8) is 0 Å². The van der Waals surface area contributed by atoms with Gasteiger partial charge in [0.25, 0.3) is 0 Å². The van der Waals surface area contributed by atoms with Gasteiger partial charge in [-0.25, -0.2) is 4.79 Å². The number of ether oxygens (including phenoxy) is 4. The van der Waals surface area contributed by atoms with E-state index in [0.717, 1.165) is 96.3 Å². The number of aliphatic hydroxyl groups excluding tert-OH is 2. The zero-order valence-corrected chi connectivity index (χ0v) is 29.0. The summed E-state index contributed by atoms with van der Waals surface area (Å²) in [5.74, 6) is -2.27. The van der Waals surface area contributed by atoms with Gasteiger partial charge >= 0.3 is 17.9 Å². The van der Waals surface area contributed by atoms with Gasteiger partial charge in [0, 0.05) is 6.08 Å². The van der Waals surface area contributed by atoms with Crippen LogP contribution >= 0.6 is 0 Å². The van der Waals surface area contributed by atoms with Crippen molar-refractivity contribution in [1.29, 1.82) is 0 Å². The zero-order chi connectivity index (χ0) is 34.2. The summed E-state index contributed by atoms with van der Waals surface area (Å²) >= 11 is 0. The number of carboxylic acid groups (broad SMARTS) is 1. The quantitative estimate of drug-likeness (QED) is 0.0472. The number of allylic oxidation sites excluding steroid dienone is 1. The molecule has 0 aromatic rings. The van der Waals surface area contributed by atoms with Crippen molar-refractivity contribution in [2.75, 3.05) is 0 Å². The Kier molecular flexibility index (Phi) is 23.7. The van der Waals surface area contributed by atoms with Gasteiger partial charge in [-0.05, 0) is 39.0 Å². The monoisotopic (exact) mass is 656 g/mol. The third-order valence-corrected chi connectivity index (χ3v) is 8.45. The number of carbonyl (C=O) groups excluding carboxylic acids is 2. The number of carboxylic acids is 1. The average molecular weight is 657 g/mol. The molecule has 0 radical (unpaired) electrons. The van der Waals surface area contributed by atoms with E-state index in [9.17, 15) is 29.7 Å². The summed E-state index contributed by atoms with van der Waals surface area (Å²) in [4.78, 5) is 37.3. The SMILES string of the molecule is CCCCCCC/C=C/C(=O)O[C@@H]1C(OC(CCCCCCC)CC(=O)OC(CCCCCCC)CC(=O)O)OC(C)[C@H](O)C1O. The second-order valence-electron chi connectivity index (χ2n) is 12.8. The number of esters is 2. The molecule has 1 aliphatic heterocycles. The molecular weight excluding hydrogens is 592 g/mol. The lowest BCUT2D eigenvalue weighted by Gasteiger charge is -2.41. The largest absolute Gasteiger partial charge is 0.481 e. The molecule has 7 atom stereocenters. The predicted octanol–water partition coefficient (Wildman–Crippen LogP) is 7.16.